The van der Waals surface area contributed by atoms with Crippen molar-refractivity contribution in [1.82, 2.24) is 4.90 Å². The first-order valence-electron chi connectivity index (χ1n) is 3.65. The van der Waals surface area contributed by atoms with Crippen LogP contribution in [0.2, 0.25) is 0 Å². The maximum atomic E-state index is 11.0. The topological polar surface area (TPSA) is 37.4 Å². The highest BCUT2D eigenvalue weighted by Gasteiger charge is 2.13. The molecule has 0 unspecified atom stereocenters. The number of carbonyl (C=O) groups is 2. The molecule has 0 bridgehead atoms. The first-order valence-corrected chi connectivity index (χ1v) is 3.65. The third-order valence-corrected chi connectivity index (χ3v) is 1.67. The molecule has 0 aliphatic rings. The molecule has 0 saturated carbocycles. The Morgan fingerprint density at radius 1 is 1.36 bits per heavy atom. The van der Waals surface area contributed by atoms with Crippen molar-refractivity contribution in [3.63, 3.8) is 0 Å². The van der Waals surface area contributed by atoms with Gasteiger partial charge in [0.05, 0.1) is 0 Å². The number of amides is 1. The number of carbonyl (C=O) groups excluding carboxylic acids is 2. The predicted octanol–water partition coefficient (Wildman–Crippen LogP) is 0.690. The van der Waals surface area contributed by atoms with Gasteiger partial charge in [0, 0.05) is 26.4 Å². The van der Waals surface area contributed by atoms with Crippen molar-refractivity contribution in [3.8, 4) is 0 Å². The molecule has 0 heterocycles. The Hall–Kier alpha value is -0.860. The van der Waals surface area contributed by atoms with Crippen LogP contribution in [0.5, 0.6) is 0 Å². The van der Waals surface area contributed by atoms with E-state index in [1.165, 1.54) is 11.8 Å². The third-order valence-electron chi connectivity index (χ3n) is 1.67. The van der Waals surface area contributed by atoms with E-state index < -0.39 is 0 Å². The summed E-state index contributed by atoms with van der Waals surface area (Å²) >= 11 is 0. The van der Waals surface area contributed by atoms with E-state index in [0.717, 1.165) is 0 Å². The van der Waals surface area contributed by atoms with Gasteiger partial charge < -0.3 is 4.90 Å². The van der Waals surface area contributed by atoms with Gasteiger partial charge in [0.1, 0.15) is 5.78 Å². The first-order chi connectivity index (χ1) is 4.95. The molecule has 0 radical (unpaired) electrons. The van der Waals surface area contributed by atoms with Gasteiger partial charge in [-0.25, -0.2) is 0 Å². The molecular formula is C8H15NO2. The van der Waals surface area contributed by atoms with E-state index in [-0.39, 0.29) is 17.6 Å². The molecule has 0 fully saturated rings. The highest BCUT2D eigenvalue weighted by molar-refractivity contribution is 5.85. The molecule has 3 nitrogen and oxygen atoms in total. The monoisotopic (exact) mass is 157 g/mol. The minimum Gasteiger partial charge on any atom is -0.349 e. The van der Waals surface area contributed by atoms with Gasteiger partial charge >= 0.3 is 0 Å². The van der Waals surface area contributed by atoms with Crippen molar-refractivity contribution in [3.05, 3.63) is 0 Å². The van der Waals surface area contributed by atoms with Crippen molar-refractivity contribution < 1.29 is 9.59 Å². The van der Waals surface area contributed by atoms with Crippen molar-refractivity contribution >= 4 is 11.7 Å². The average molecular weight is 157 g/mol. The first kappa shape index (κ1) is 10.1. The highest BCUT2D eigenvalue weighted by atomic mass is 16.2. The fourth-order valence-electron chi connectivity index (χ4n) is 0.588. The summed E-state index contributed by atoms with van der Waals surface area (Å²) in [6, 6.07) is 0. The van der Waals surface area contributed by atoms with E-state index in [9.17, 15) is 9.59 Å². The van der Waals surface area contributed by atoms with Crippen LogP contribution in [0.15, 0.2) is 0 Å². The molecule has 0 aliphatic carbocycles. The zero-order chi connectivity index (χ0) is 9.02. The quantitative estimate of drug-likeness (QED) is 0.604. The average Bonchev–Trinajstić information content (AvgIpc) is 1.87. The van der Waals surface area contributed by atoms with Crippen LogP contribution in [0.1, 0.15) is 20.3 Å². The minimum atomic E-state index is -0.148. The normalized spacial score (nSPS) is 12.4. The lowest BCUT2D eigenvalue weighted by Gasteiger charge is -2.12. The second kappa shape index (κ2) is 4.11. The summed E-state index contributed by atoms with van der Waals surface area (Å²) in [4.78, 5) is 23.3. The molecule has 11 heavy (non-hydrogen) atoms. The van der Waals surface area contributed by atoms with Gasteiger partial charge in [0.25, 0.3) is 0 Å². The van der Waals surface area contributed by atoms with Gasteiger partial charge in [0.2, 0.25) is 5.91 Å². The van der Waals surface area contributed by atoms with Crippen LogP contribution in [-0.4, -0.2) is 30.7 Å². The van der Waals surface area contributed by atoms with E-state index >= 15 is 0 Å². The molecule has 0 N–H and O–H groups in total. The fourth-order valence-corrected chi connectivity index (χ4v) is 0.588. The summed E-state index contributed by atoms with van der Waals surface area (Å²) in [7, 11) is 3.38. The summed E-state index contributed by atoms with van der Waals surface area (Å²) in [6.07, 6.45) is 0.322. The van der Waals surface area contributed by atoms with E-state index in [1.807, 2.05) is 0 Å². The summed E-state index contributed by atoms with van der Waals surface area (Å²) in [6.45, 7) is 3.28. The number of hydrogen-bond donors (Lipinski definition) is 0. The molecule has 0 aromatic rings. The summed E-state index contributed by atoms with van der Waals surface area (Å²) in [5.41, 5.74) is 0. The predicted molar refractivity (Wildman–Crippen MR) is 43.2 cm³/mol. The summed E-state index contributed by atoms with van der Waals surface area (Å²) < 4.78 is 0. The Balaban J connectivity index is 3.85. The highest BCUT2D eigenvalue weighted by Crippen LogP contribution is 2.04. The Labute approximate surface area is 67.4 Å². The van der Waals surface area contributed by atoms with Crippen molar-refractivity contribution in [2.75, 3.05) is 14.1 Å². The van der Waals surface area contributed by atoms with Crippen molar-refractivity contribution in [1.29, 1.82) is 0 Å². The standard InChI is InChI=1S/C8H15NO2/c1-6(7(2)10)5-8(11)9(3)4/h6H,5H2,1-4H3/t6-/m0/s1. The zero-order valence-electron chi connectivity index (χ0n) is 7.55. The molecule has 0 aliphatic heterocycles. The van der Waals surface area contributed by atoms with Crippen LogP contribution in [0.4, 0.5) is 0 Å². The molecule has 0 saturated heterocycles. The van der Waals surface area contributed by atoms with E-state index in [0.29, 0.717) is 6.42 Å². The Bertz CT molecular complexity index is 163. The lowest BCUT2D eigenvalue weighted by molar-refractivity contribution is -0.132. The zero-order valence-corrected chi connectivity index (χ0v) is 7.55. The lowest BCUT2D eigenvalue weighted by atomic mass is 10.0. The van der Waals surface area contributed by atoms with Gasteiger partial charge in [-0.3, -0.25) is 9.59 Å². The van der Waals surface area contributed by atoms with Gasteiger partial charge in [-0.1, -0.05) is 6.92 Å². The van der Waals surface area contributed by atoms with Crippen LogP contribution in [-0.2, 0) is 9.59 Å². The molecule has 0 rings (SSSR count). The molecule has 0 spiro atoms. The van der Waals surface area contributed by atoms with Crippen LogP contribution >= 0.6 is 0 Å². The summed E-state index contributed by atoms with van der Waals surface area (Å²) in [5, 5.41) is 0. The fraction of sp³-hybridized carbons (Fsp3) is 0.750. The van der Waals surface area contributed by atoms with Gasteiger partial charge in [0.15, 0.2) is 0 Å². The second-order valence-corrected chi connectivity index (χ2v) is 3.00. The van der Waals surface area contributed by atoms with Crippen molar-refractivity contribution in [2.45, 2.75) is 20.3 Å². The summed E-state index contributed by atoms with van der Waals surface area (Å²) in [5.74, 6) is -0.0715. The SMILES string of the molecule is CC(=O)[C@@H](C)CC(=O)N(C)C. The Kier molecular flexibility index (Phi) is 3.79. The number of ketones is 1. The molecule has 0 aromatic carbocycles. The smallest absolute Gasteiger partial charge is 0.222 e. The molecule has 1 amide bonds. The van der Waals surface area contributed by atoms with Gasteiger partial charge in [-0.2, -0.15) is 0 Å². The molecule has 64 valence electrons. The van der Waals surface area contributed by atoms with Crippen LogP contribution in [0.3, 0.4) is 0 Å². The number of hydrogen-bond acceptors (Lipinski definition) is 2. The van der Waals surface area contributed by atoms with E-state index in [2.05, 4.69) is 0 Å². The minimum absolute atomic E-state index is 0.00713. The van der Waals surface area contributed by atoms with Crippen LogP contribution in [0.25, 0.3) is 0 Å². The number of rotatable bonds is 3. The van der Waals surface area contributed by atoms with E-state index in [4.69, 9.17) is 0 Å². The molecule has 1 atom stereocenters. The number of nitrogens with zero attached hydrogens (tertiary/aromatic N) is 1. The van der Waals surface area contributed by atoms with Gasteiger partial charge in [-0.15, -0.1) is 0 Å². The Morgan fingerprint density at radius 2 is 1.82 bits per heavy atom. The van der Waals surface area contributed by atoms with E-state index in [1.54, 1.807) is 21.0 Å². The van der Waals surface area contributed by atoms with Crippen LogP contribution < -0.4 is 0 Å². The maximum absolute atomic E-state index is 11.0. The molecule has 0 aromatic heterocycles. The van der Waals surface area contributed by atoms with Gasteiger partial charge in [-0.05, 0) is 6.92 Å². The molecular weight excluding hydrogens is 142 g/mol. The molecule has 3 heteroatoms. The maximum Gasteiger partial charge on any atom is 0.222 e. The van der Waals surface area contributed by atoms with Crippen LogP contribution in [0, 0.1) is 5.92 Å². The largest absolute Gasteiger partial charge is 0.349 e. The lowest BCUT2D eigenvalue weighted by Crippen LogP contribution is -2.25. The third kappa shape index (κ3) is 3.75. The Morgan fingerprint density at radius 3 is 2.09 bits per heavy atom. The van der Waals surface area contributed by atoms with Crippen molar-refractivity contribution in [2.24, 2.45) is 5.92 Å². The second-order valence-electron chi connectivity index (χ2n) is 3.00. The number of Topliss-reactive ketones (excluding diaryl/α,β-unsaturated/α-hetero) is 1.